The second-order valence-corrected chi connectivity index (χ2v) is 15.7. The van der Waals surface area contributed by atoms with Gasteiger partial charge in [0.1, 0.15) is 13.2 Å². The van der Waals surface area contributed by atoms with Gasteiger partial charge >= 0.3 is 17.9 Å². The van der Waals surface area contributed by atoms with Crippen molar-refractivity contribution < 1.29 is 28.6 Å². The van der Waals surface area contributed by atoms with Gasteiger partial charge in [-0.05, 0) is 44.9 Å². The van der Waals surface area contributed by atoms with Crippen molar-refractivity contribution in [2.45, 2.75) is 252 Å². The van der Waals surface area contributed by atoms with Crippen molar-refractivity contribution in [1.29, 1.82) is 0 Å². The fourth-order valence-electron chi connectivity index (χ4n) is 6.63. The smallest absolute Gasteiger partial charge is 0.306 e. The zero-order valence-corrected chi connectivity index (χ0v) is 36.0. The Labute approximate surface area is 334 Å². The van der Waals surface area contributed by atoms with Crippen LogP contribution >= 0.6 is 0 Å². The first-order chi connectivity index (χ1) is 26.5. The molecule has 316 valence electrons. The van der Waals surface area contributed by atoms with Gasteiger partial charge in [0.2, 0.25) is 0 Å². The highest BCUT2D eigenvalue weighted by molar-refractivity contribution is 5.71. The maximum absolute atomic E-state index is 12.7. The Kier molecular flexibility index (Phi) is 41.9. The minimum atomic E-state index is -0.768. The van der Waals surface area contributed by atoms with E-state index in [1.54, 1.807) is 0 Å². The molecule has 0 heterocycles. The number of carbonyl (C=O) groups is 3. The second-order valence-electron chi connectivity index (χ2n) is 15.7. The molecule has 0 aromatic rings. The van der Waals surface area contributed by atoms with Crippen LogP contribution in [0.4, 0.5) is 0 Å². The molecule has 0 unspecified atom stereocenters. The summed E-state index contributed by atoms with van der Waals surface area (Å²) >= 11 is 0. The predicted molar refractivity (Wildman–Crippen MR) is 229 cm³/mol. The molecule has 6 heteroatoms. The summed E-state index contributed by atoms with van der Waals surface area (Å²) in [5, 5.41) is 0. The van der Waals surface area contributed by atoms with Gasteiger partial charge in [-0.1, -0.05) is 206 Å². The molecular weight excluding hydrogens is 673 g/mol. The van der Waals surface area contributed by atoms with Crippen LogP contribution in [0.3, 0.4) is 0 Å². The lowest BCUT2D eigenvalue weighted by molar-refractivity contribution is -0.167. The number of esters is 3. The Morgan fingerprint density at radius 2 is 0.685 bits per heavy atom. The Morgan fingerprint density at radius 3 is 1.07 bits per heavy atom. The van der Waals surface area contributed by atoms with E-state index in [0.717, 1.165) is 77.0 Å². The number of unbranched alkanes of at least 4 members (excludes halogenated alkanes) is 27. The fourth-order valence-corrected chi connectivity index (χ4v) is 6.63. The lowest BCUT2D eigenvalue weighted by Gasteiger charge is -2.18. The third kappa shape index (κ3) is 41.1. The Balaban J connectivity index is 4.36. The quantitative estimate of drug-likeness (QED) is 0.0267. The van der Waals surface area contributed by atoms with Gasteiger partial charge in [-0.3, -0.25) is 14.4 Å². The molecule has 0 spiro atoms. The van der Waals surface area contributed by atoms with E-state index in [1.165, 1.54) is 128 Å². The number of ether oxygens (including phenoxy) is 3. The van der Waals surface area contributed by atoms with Gasteiger partial charge in [-0.2, -0.15) is 0 Å². The summed E-state index contributed by atoms with van der Waals surface area (Å²) in [6, 6.07) is 0. The monoisotopic (exact) mass is 761 g/mol. The largest absolute Gasteiger partial charge is 0.462 e. The highest BCUT2D eigenvalue weighted by Gasteiger charge is 2.19. The van der Waals surface area contributed by atoms with Gasteiger partial charge in [0.15, 0.2) is 6.10 Å². The molecule has 0 N–H and O–H groups in total. The van der Waals surface area contributed by atoms with E-state index in [9.17, 15) is 14.4 Å². The van der Waals surface area contributed by atoms with Crippen LogP contribution in [0.2, 0.25) is 0 Å². The molecular formula is C48H88O6. The molecule has 1 atom stereocenters. The third-order valence-corrected chi connectivity index (χ3v) is 10.2. The average Bonchev–Trinajstić information content (AvgIpc) is 3.17. The van der Waals surface area contributed by atoms with Gasteiger partial charge in [0.25, 0.3) is 0 Å². The number of hydrogen-bond donors (Lipinski definition) is 0. The molecule has 0 radical (unpaired) electrons. The summed E-state index contributed by atoms with van der Waals surface area (Å²) in [6.07, 6.45) is 47.2. The van der Waals surface area contributed by atoms with Crippen LogP contribution in [0.15, 0.2) is 24.3 Å². The molecule has 0 amide bonds. The van der Waals surface area contributed by atoms with Crippen LogP contribution in [0.5, 0.6) is 0 Å². The van der Waals surface area contributed by atoms with E-state index >= 15 is 0 Å². The lowest BCUT2D eigenvalue weighted by Crippen LogP contribution is -2.30. The topological polar surface area (TPSA) is 78.9 Å². The molecule has 54 heavy (non-hydrogen) atoms. The Hall–Kier alpha value is -2.11. The van der Waals surface area contributed by atoms with Crippen molar-refractivity contribution >= 4 is 17.9 Å². The van der Waals surface area contributed by atoms with Crippen molar-refractivity contribution in [2.24, 2.45) is 0 Å². The van der Waals surface area contributed by atoms with Gasteiger partial charge in [-0.25, -0.2) is 0 Å². The van der Waals surface area contributed by atoms with Crippen LogP contribution in [-0.4, -0.2) is 37.2 Å². The molecule has 0 aliphatic rings. The van der Waals surface area contributed by atoms with E-state index in [2.05, 4.69) is 45.1 Å². The van der Waals surface area contributed by atoms with E-state index in [0.29, 0.717) is 19.3 Å². The van der Waals surface area contributed by atoms with Crippen LogP contribution in [0.1, 0.15) is 245 Å². The number of hydrogen-bond acceptors (Lipinski definition) is 6. The lowest BCUT2D eigenvalue weighted by atomic mass is 10.1. The molecule has 0 aromatic carbocycles. The highest BCUT2D eigenvalue weighted by atomic mass is 16.6. The van der Waals surface area contributed by atoms with Gasteiger partial charge in [0, 0.05) is 19.3 Å². The van der Waals surface area contributed by atoms with E-state index < -0.39 is 6.10 Å². The standard InChI is InChI=1S/C48H88O6/c1-4-7-10-13-16-19-22-23-24-27-29-32-35-38-41-47(50)53-44-45(54-48(51)42-39-36-33-30-26-21-18-15-12-9-6-3)43-52-46(49)40-37-34-31-28-25-20-17-14-11-8-5-2/h13,16,22-23,45H,4-12,14-15,17-21,24-44H2,1-3H3/b16-13-,23-22-/t45-/m1/s1. The van der Waals surface area contributed by atoms with E-state index in [-0.39, 0.29) is 31.1 Å². The summed E-state index contributed by atoms with van der Waals surface area (Å²) in [6.45, 7) is 6.58. The van der Waals surface area contributed by atoms with E-state index in [4.69, 9.17) is 14.2 Å². The molecule has 0 saturated carbocycles. The molecule has 0 aromatic heterocycles. The summed E-state index contributed by atoms with van der Waals surface area (Å²) in [5.41, 5.74) is 0. The molecule has 6 nitrogen and oxygen atoms in total. The summed E-state index contributed by atoms with van der Waals surface area (Å²) in [7, 11) is 0. The first-order valence-electron chi connectivity index (χ1n) is 23.3. The van der Waals surface area contributed by atoms with Crippen LogP contribution in [0.25, 0.3) is 0 Å². The first kappa shape index (κ1) is 51.9. The van der Waals surface area contributed by atoms with E-state index in [1.807, 2.05) is 0 Å². The molecule has 0 fully saturated rings. The SMILES string of the molecule is CCCC/C=C\C/C=C\CCCCCCCC(=O)OC[C@@H](COC(=O)CCCCCCCCCCCCC)OC(=O)CCCCCCCCCCCCC. The third-order valence-electron chi connectivity index (χ3n) is 10.2. The predicted octanol–water partition coefficient (Wildman–Crippen LogP) is 14.8. The minimum absolute atomic E-state index is 0.0717. The summed E-state index contributed by atoms with van der Waals surface area (Å²) in [4.78, 5) is 37.7. The normalized spacial score (nSPS) is 12.1. The molecule has 0 aliphatic carbocycles. The van der Waals surface area contributed by atoms with Crippen molar-refractivity contribution in [3.63, 3.8) is 0 Å². The number of allylic oxidation sites excluding steroid dienone is 4. The minimum Gasteiger partial charge on any atom is -0.462 e. The van der Waals surface area contributed by atoms with Crippen molar-refractivity contribution in [3.8, 4) is 0 Å². The molecule has 0 rings (SSSR count). The Bertz CT molecular complexity index is 880. The summed E-state index contributed by atoms with van der Waals surface area (Å²) < 4.78 is 16.7. The highest BCUT2D eigenvalue weighted by Crippen LogP contribution is 2.15. The van der Waals surface area contributed by atoms with Crippen molar-refractivity contribution in [2.75, 3.05) is 13.2 Å². The summed E-state index contributed by atoms with van der Waals surface area (Å²) in [5.74, 6) is -0.881. The van der Waals surface area contributed by atoms with Gasteiger partial charge < -0.3 is 14.2 Å². The molecule has 0 aliphatic heterocycles. The number of rotatable bonds is 42. The maximum atomic E-state index is 12.7. The van der Waals surface area contributed by atoms with Gasteiger partial charge in [0.05, 0.1) is 0 Å². The van der Waals surface area contributed by atoms with Crippen molar-refractivity contribution in [3.05, 3.63) is 24.3 Å². The van der Waals surface area contributed by atoms with Gasteiger partial charge in [-0.15, -0.1) is 0 Å². The molecule has 0 bridgehead atoms. The van der Waals surface area contributed by atoms with Crippen LogP contribution in [0, 0.1) is 0 Å². The zero-order chi connectivity index (χ0) is 39.4. The first-order valence-corrected chi connectivity index (χ1v) is 23.3. The van der Waals surface area contributed by atoms with Crippen molar-refractivity contribution in [1.82, 2.24) is 0 Å². The molecule has 0 saturated heterocycles. The zero-order valence-electron chi connectivity index (χ0n) is 36.0. The van der Waals surface area contributed by atoms with Crippen LogP contribution in [-0.2, 0) is 28.6 Å². The average molecular weight is 761 g/mol. The second kappa shape index (κ2) is 43.6. The Morgan fingerprint density at radius 1 is 0.370 bits per heavy atom. The number of carbonyl (C=O) groups excluding carboxylic acids is 3. The maximum Gasteiger partial charge on any atom is 0.306 e. The van der Waals surface area contributed by atoms with Crippen LogP contribution < -0.4 is 0 Å². The fraction of sp³-hybridized carbons (Fsp3) is 0.854.